The number of ether oxygens (including phenoxy) is 1. The molecule has 0 aromatic rings. The second kappa shape index (κ2) is 6.76. The van der Waals surface area contributed by atoms with Crippen molar-refractivity contribution in [1.29, 1.82) is 0 Å². The van der Waals surface area contributed by atoms with E-state index in [0.29, 0.717) is 19.6 Å². The molecule has 0 aliphatic carbocycles. The van der Waals surface area contributed by atoms with Crippen LogP contribution in [0.2, 0.25) is 0 Å². The molecule has 0 unspecified atom stereocenters. The predicted octanol–water partition coefficient (Wildman–Crippen LogP) is -0.698. The van der Waals surface area contributed by atoms with Crippen molar-refractivity contribution in [2.45, 2.75) is 18.9 Å². The van der Waals surface area contributed by atoms with Gasteiger partial charge in [0.05, 0.1) is 21.1 Å². The van der Waals surface area contributed by atoms with Crippen LogP contribution in [0, 0.1) is 0 Å². The normalized spacial score (nSPS) is 13.7. The van der Waals surface area contributed by atoms with Gasteiger partial charge >= 0.3 is 5.97 Å². The molecule has 4 N–H and O–H groups in total. The van der Waals surface area contributed by atoms with Crippen LogP contribution in [0.1, 0.15) is 12.8 Å². The van der Waals surface area contributed by atoms with E-state index in [-0.39, 0.29) is 5.97 Å². The van der Waals surface area contributed by atoms with Gasteiger partial charge in [-0.1, -0.05) is 0 Å². The van der Waals surface area contributed by atoms with Crippen LogP contribution >= 0.6 is 0 Å². The molecule has 0 saturated carbocycles. The Morgan fingerprint density at radius 1 is 1.40 bits per heavy atom. The maximum Gasteiger partial charge on any atom is 0.323 e. The van der Waals surface area contributed by atoms with Gasteiger partial charge < -0.3 is 20.7 Å². The van der Waals surface area contributed by atoms with Gasteiger partial charge in [-0.25, -0.2) is 0 Å². The summed E-state index contributed by atoms with van der Waals surface area (Å²) in [6, 6.07) is -0.527. The van der Waals surface area contributed by atoms with E-state index in [4.69, 9.17) is 16.2 Å². The van der Waals surface area contributed by atoms with Crippen molar-refractivity contribution >= 4 is 5.97 Å². The molecule has 0 bridgehead atoms. The summed E-state index contributed by atoms with van der Waals surface area (Å²) < 4.78 is 5.83. The molecule has 0 aromatic heterocycles. The number of nitrogens with zero attached hydrogens (tertiary/aromatic N) is 1. The standard InChI is InChI=1S/C10H24N3O2/c1-13(2,3)7-8-15-10(14)9(12)5-4-6-11/h9H,4-8,11-12H2,1-3H3/q+1/t9-/m1/s1. The number of hydrogen-bond acceptors (Lipinski definition) is 4. The number of carbonyl (C=O) groups excluding carboxylic acids is 1. The van der Waals surface area contributed by atoms with Crippen molar-refractivity contribution in [3.8, 4) is 0 Å². The first-order valence-corrected chi connectivity index (χ1v) is 5.29. The summed E-state index contributed by atoms with van der Waals surface area (Å²) in [6.07, 6.45) is 1.35. The number of hydrogen-bond donors (Lipinski definition) is 2. The second-order valence-electron chi connectivity index (χ2n) is 4.72. The molecule has 0 heterocycles. The van der Waals surface area contributed by atoms with Crippen LogP contribution in [0.15, 0.2) is 0 Å². The average Bonchev–Trinajstić information content (AvgIpc) is 2.11. The first-order valence-electron chi connectivity index (χ1n) is 5.29. The summed E-state index contributed by atoms with van der Waals surface area (Å²) in [5, 5.41) is 0. The fourth-order valence-corrected chi connectivity index (χ4v) is 0.983. The zero-order chi connectivity index (χ0) is 11.9. The fourth-order valence-electron chi connectivity index (χ4n) is 0.983. The number of carbonyl (C=O) groups is 1. The summed E-state index contributed by atoms with van der Waals surface area (Å²) in [5.41, 5.74) is 10.9. The van der Waals surface area contributed by atoms with Gasteiger partial charge in [0.25, 0.3) is 0 Å². The van der Waals surface area contributed by atoms with E-state index >= 15 is 0 Å². The van der Waals surface area contributed by atoms with Crippen LogP contribution < -0.4 is 11.5 Å². The minimum absolute atomic E-state index is 0.322. The minimum atomic E-state index is -0.527. The predicted molar refractivity (Wildman–Crippen MR) is 60.1 cm³/mol. The Balaban J connectivity index is 3.64. The van der Waals surface area contributed by atoms with Crippen LogP contribution in [-0.4, -0.2) is 57.3 Å². The lowest BCUT2D eigenvalue weighted by molar-refractivity contribution is -0.870. The highest BCUT2D eigenvalue weighted by molar-refractivity contribution is 5.75. The topological polar surface area (TPSA) is 78.3 Å². The van der Waals surface area contributed by atoms with E-state index in [1.165, 1.54) is 0 Å². The monoisotopic (exact) mass is 218 g/mol. The Hall–Kier alpha value is -0.650. The van der Waals surface area contributed by atoms with Crippen LogP contribution in [0.4, 0.5) is 0 Å². The molecule has 0 saturated heterocycles. The molecule has 0 spiro atoms. The van der Waals surface area contributed by atoms with Crippen molar-refractivity contribution in [3.05, 3.63) is 0 Å². The lowest BCUT2D eigenvalue weighted by Gasteiger charge is -2.23. The van der Waals surface area contributed by atoms with Gasteiger partial charge in [-0.05, 0) is 19.4 Å². The third-order valence-electron chi connectivity index (χ3n) is 2.03. The number of likely N-dealkylation sites (N-methyl/N-ethyl adjacent to an activating group) is 1. The lowest BCUT2D eigenvalue weighted by atomic mass is 10.2. The molecule has 90 valence electrons. The van der Waals surface area contributed by atoms with E-state index in [0.717, 1.165) is 17.4 Å². The van der Waals surface area contributed by atoms with Gasteiger partial charge in [0.2, 0.25) is 0 Å². The van der Waals surface area contributed by atoms with Gasteiger partial charge in [0, 0.05) is 0 Å². The van der Waals surface area contributed by atoms with Gasteiger partial charge in [-0.3, -0.25) is 4.79 Å². The van der Waals surface area contributed by atoms with Crippen LogP contribution in [0.5, 0.6) is 0 Å². The molecule has 0 aromatic carbocycles. The molecular weight excluding hydrogens is 194 g/mol. The van der Waals surface area contributed by atoms with E-state index in [2.05, 4.69) is 0 Å². The van der Waals surface area contributed by atoms with Crippen molar-refractivity contribution < 1.29 is 14.0 Å². The second-order valence-corrected chi connectivity index (χ2v) is 4.72. The highest BCUT2D eigenvalue weighted by atomic mass is 16.5. The highest BCUT2D eigenvalue weighted by Gasteiger charge is 2.15. The Bertz CT molecular complexity index is 190. The first kappa shape index (κ1) is 14.3. The van der Waals surface area contributed by atoms with Crippen LogP contribution in [-0.2, 0) is 9.53 Å². The molecular formula is C10H24N3O2+. The van der Waals surface area contributed by atoms with Gasteiger partial charge in [-0.2, -0.15) is 0 Å². The Kier molecular flexibility index (Phi) is 6.47. The number of nitrogens with two attached hydrogens (primary N) is 2. The lowest BCUT2D eigenvalue weighted by Crippen LogP contribution is -2.40. The molecule has 0 fully saturated rings. The smallest absolute Gasteiger partial charge is 0.323 e. The molecule has 5 nitrogen and oxygen atoms in total. The number of quaternary nitrogens is 1. The van der Waals surface area contributed by atoms with Crippen molar-refractivity contribution in [3.63, 3.8) is 0 Å². The zero-order valence-corrected chi connectivity index (χ0v) is 10.0. The van der Waals surface area contributed by atoms with Gasteiger partial charge in [0.1, 0.15) is 19.2 Å². The van der Waals surface area contributed by atoms with Crippen molar-refractivity contribution in [2.24, 2.45) is 11.5 Å². The van der Waals surface area contributed by atoms with Crippen LogP contribution in [0.25, 0.3) is 0 Å². The zero-order valence-electron chi connectivity index (χ0n) is 10.0. The molecule has 5 heteroatoms. The minimum Gasteiger partial charge on any atom is -0.459 e. The molecule has 15 heavy (non-hydrogen) atoms. The van der Waals surface area contributed by atoms with Crippen molar-refractivity contribution in [2.75, 3.05) is 40.8 Å². The number of rotatable bonds is 7. The van der Waals surface area contributed by atoms with Crippen molar-refractivity contribution in [1.82, 2.24) is 0 Å². The Labute approximate surface area is 91.9 Å². The summed E-state index contributed by atoms with van der Waals surface area (Å²) >= 11 is 0. The van der Waals surface area contributed by atoms with E-state index in [1.54, 1.807) is 0 Å². The molecule has 0 radical (unpaired) electrons. The summed E-state index contributed by atoms with van der Waals surface area (Å²) in [6.45, 7) is 1.76. The molecule has 0 aliphatic heterocycles. The third kappa shape index (κ3) is 8.35. The Morgan fingerprint density at radius 2 is 2.00 bits per heavy atom. The molecule has 0 amide bonds. The first-order chi connectivity index (χ1) is 6.87. The largest absolute Gasteiger partial charge is 0.459 e. The van der Waals surface area contributed by atoms with Crippen LogP contribution in [0.3, 0.4) is 0 Å². The van der Waals surface area contributed by atoms with Gasteiger partial charge in [0.15, 0.2) is 0 Å². The van der Waals surface area contributed by atoms with Gasteiger partial charge in [-0.15, -0.1) is 0 Å². The SMILES string of the molecule is C[N+](C)(C)CCOC(=O)[C@H](N)CCCN. The maximum absolute atomic E-state index is 11.3. The quantitative estimate of drug-likeness (QED) is 0.437. The summed E-state index contributed by atoms with van der Waals surface area (Å²) in [4.78, 5) is 11.3. The van der Waals surface area contributed by atoms with E-state index < -0.39 is 6.04 Å². The summed E-state index contributed by atoms with van der Waals surface area (Å²) in [5.74, 6) is -0.322. The maximum atomic E-state index is 11.3. The molecule has 0 rings (SSSR count). The van der Waals surface area contributed by atoms with E-state index in [9.17, 15) is 4.79 Å². The molecule has 0 aliphatic rings. The molecule has 1 atom stereocenters. The fraction of sp³-hybridized carbons (Fsp3) is 0.900. The highest BCUT2D eigenvalue weighted by Crippen LogP contribution is 1.97. The average molecular weight is 218 g/mol. The van der Waals surface area contributed by atoms with E-state index in [1.807, 2.05) is 21.1 Å². The summed E-state index contributed by atoms with van der Waals surface area (Å²) in [7, 11) is 6.13. The Morgan fingerprint density at radius 3 is 2.47 bits per heavy atom. The third-order valence-corrected chi connectivity index (χ3v) is 2.03. The number of esters is 1.